The van der Waals surface area contributed by atoms with Crippen LogP contribution in [0.4, 0.5) is 5.82 Å². The molecule has 0 saturated heterocycles. The Kier molecular flexibility index (Phi) is 7.66. The quantitative estimate of drug-likeness (QED) is 0.308. The van der Waals surface area contributed by atoms with Gasteiger partial charge in [0.15, 0.2) is 0 Å². The molecule has 0 radical (unpaired) electrons. The number of para-hydroxylation sites is 1. The molecule has 2 rings (SSSR count). The van der Waals surface area contributed by atoms with Gasteiger partial charge in [-0.1, -0.05) is 24.6 Å². The van der Waals surface area contributed by atoms with Crippen molar-refractivity contribution >= 4 is 28.3 Å². The molecule has 2 N–H and O–H groups in total. The Balaban J connectivity index is 1.85. The van der Waals surface area contributed by atoms with Crippen molar-refractivity contribution in [3.05, 3.63) is 65.1 Å². The van der Waals surface area contributed by atoms with Gasteiger partial charge in [-0.25, -0.2) is 9.97 Å². The topological polar surface area (TPSA) is 73.6 Å². The lowest BCUT2D eigenvalue weighted by Crippen LogP contribution is -2.18. The Hall–Kier alpha value is -2.84. The third-order valence-corrected chi connectivity index (χ3v) is 3.89. The number of hydrogen-bond donors (Lipinski definition) is 2. The Morgan fingerprint density at radius 1 is 1.27 bits per heavy atom. The van der Waals surface area contributed by atoms with E-state index in [4.69, 9.17) is 16.9 Å². The third-order valence-electron chi connectivity index (χ3n) is 3.72. The van der Waals surface area contributed by atoms with Crippen LogP contribution in [-0.4, -0.2) is 23.1 Å². The number of allylic oxidation sites excluding steroid dienone is 5. The molecule has 0 aliphatic rings. The molecular weight excluding hydrogens is 346 g/mol. The van der Waals surface area contributed by atoms with Gasteiger partial charge in [-0.05, 0) is 61.5 Å². The molecule has 6 heteroatoms. The zero-order valence-electron chi connectivity index (χ0n) is 15.0. The molecule has 1 heterocycles. The minimum absolute atomic E-state index is 0.226. The molecule has 0 bridgehead atoms. The lowest BCUT2D eigenvalue weighted by Gasteiger charge is -2.08. The smallest absolute Gasteiger partial charge is 0.224 e. The summed E-state index contributed by atoms with van der Waals surface area (Å²) in [5, 5.41) is 16.7. The van der Waals surface area contributed by atoms with Crippen molar-refractivity contribution in [2.45, 2.75) is 20.3 Å². The van der Waals surface area contributed by atoms with E-state index in [0.717, 1.165) is 23.1 Å². The zero-order chi connectivity index (χ0) is 18.8. The van der Waals surface area contributed by atoms with Crippen molar-refractivity contribution in [1.29, 1.82) is 5.26 Å². The number of anilines is 1. The van der Waals surface area contributed by atoms with Gasteiger partial charge in [0.2, 0.25) is 5.28 Å². The Morgan fingerprint density at radius 2 is 2.08 bits per heavy atom. The minimum atomic E-state index is 0.226. The maximum absolute atomic E-state index is 9.10. The van der Waals surface area contributed by atoms with E-state index in [9.17, 15) is 0 Å². The first-order valence-electron chi connectivity index (χ1n) is 8.47. The maximum Gasteiger partial charge on any atom is 0.224 e. The van der Waals surface area contributed by atoms with Gasteiger partial charge in [0, 0.05) is 18.5 Å². The third kappa shape index (κ3) is 5.91. The van der Waals surface area contributed by atoms with Crippen molar-refractivity contribution in [2.75, 3.05) is 18.4 Å². The van der Waals surface area contributed by atoms with Gasteiger partial charge < -0.3 is 10.6 Å². The van der Waals surface area contributed by atoms with Crippen LogP contribution in [0, 0.1) is 11.3 Å². The fourth-order valence-corrected chi connectivity index (χ4v) is 2.40. The molecule has 1 aromatic carbocycles. The number of nitriles is 1. The van der Waals surface area contributed by atoms with E-state index in [1.165, 1.54) is 5.57 Å². The van der Waals surface area contributed by atoms with E-state index in [0.29, 0.717) is 18.7 Å². The summed E-state index contributed by atoms with van der Waals surface area (Å²) in [6.07, 6.45) is 8.27. The lowest BCUT2D eigenvalue weighted by molar-refractivity contribution is 0.866. The van der Waals surface area contributed by atoms with Crippen LogP contribution in [0.25, 0.3) is 10.9 Å². The SMILES string of the molecule is CC/C(C)=C/C(C#N)=C\C=C\NCCNc1nc(Cl)nc2ccccc12. The van der Waals surface area contributed by atoms with Crippen LogP contribution in [-0.2, 0) is 0 Å². The Bertz CT molecular complexity index is 877. The average molecular weight is 368 g/mol. The molecule has 0 aliphatic carbocycles. The highest BCUT2D eigenvalue weighted by Crippen LogP contribution is 2.21. The largest absolute Gasteiger partial charge is 0.389 e. The highest BCUT2D eigenvalue weighted by Gasteiger charge is 2.04. The fraction of sp³-hybridized carbons (Fsp3) is 0.250. The number of aromatic nitrogens is 2. The number of rotatable bonds is 8. The first-order valence-corrected chi connectivity index (χ1v) is 8.85. The van der Waals surface area contributed by atoms with Crippen LogP contribution in [0.5, 0.6) is 0 Å². The summed E-state index contributed by atoms with van der Waals surface area (Å²) in [4.78, 5) is 8.46. The molecule has 5 nitrogen and oxygen atoms in total. The van der Waals surface area contributed by atoms with E-state index >= 15 is 0 Å². The zero-order valence-corrected chi connectivity index (χ0v) is 15.7. The van der Waals surface area contributed by atoms with E-state index in [-0.39, 0.29) is 5.28 Å². The van der Waals surface area contributed by atoms with Gasteiger partial charge >= 0.3 is 0 Å². The van der Waals surface area contributed by atoms with Gasteiger partial charge in [-0.2, -0.15) is 5.26 Å². The van der Waals surface area contributed by atoms with Crippen LogP contribution in [0.1, 0.15) is 20.3 Å². The summed E-state index contributed by atoms with van der Waals surface area (Å²) in [5.74, 6) is 0.721. The fourth-order valence-electron chi connectivity index (χ4n) is 2.22. The van der Waals surface area contributed by atoms with E-state index in [1.807, 2.05) is 49.5 Å². The van der Waals surface area contributed by atoms with Crippen LogP contribution in [0.15, 0.2) is 59.8 Å². The molecule has 2 aromatic rings. The van der Waals surface area contributed by atoms with Crippen molar-refractivity contribution < 1.29 is 0 Å². The number of nitrogens with one attached hydrogen (secondary N) is 2. The summed E-state index contributed by atoms with van der Waals surface area (Å²) < 4.78 is 0. The normalized spacial score (nSPS) is 12.4. The van der Waals surface area contributed by atoms with Crippen molar-refractivity contribution in [3.63, 3.8) is 0 Å². The Labute approximate surface area is 159 Å². The monoisotopic (exact) mass is 367 g/mol. The molecule has 26 heavy (non-hydrogen) atoms. The molecular formula is C20H22ClN5. The van der Waals surface area contributed by atoms with Gasteiger partial charge in [0.05, 0.1) is 17.2 Å². The second kappa shape index (κ2) is 10.2. The first kappa shape index (κ1) is 19.5. The van der Waals surface area contributed by atoms with Gasteiger partial charge in [-0.3, -0.25) is 0 Å². The van der Waals surface area contributed by atoms with Crippen molar-refractivity contribution in [2.24, 2.45) is 0 Å². The highest BCUT2D eigenvalue weighted by atomic mass is 35.5. The van der Waals surface area contributed by atoms with Crippen LogP contribution in [0.2, 0.25) is 5.28 Å². The molecule has 0 aliphatic heterocycles. The summed E-state index contributed by atoms with van der Waals surface area (Å²) >= 11 is 5.97. The summed E-state index contributed by atoms with van der Waals surface area (Å²) in [6, 6.07) is 9.91. The van der Waals surface area contributed by atoms with Gasteiger partial charge in [0.25, 0.3) is 0 Å². The van der Waals surface area contributed by atoms with E-state index in [1.54, 1.807) is 6.08 Å². The lowest BCUT2D eigenvalue weighted by atomic mass is 10.1. The van der Waals surface area contributed by atoms with E-state index < -0.39 is 0 Å². The highest BCUT2D eigenvalue weighted by molar-refractivity contribution is 6.28. The molecule has 0 fully saturated rings. The molecule has 0 spiro atoms. The Morgan fingerprint density at radius 3 is 2.85 bits per heavy atom. The van der Waals surface area contributed by atoms with Crippen molar-refractivity contribution in [1.82, 2.24) is 15.3 Å². The minimum Gasteiger partial charge on any atom is -0.389 e. The van der Waals surface area contributed by atoms with Gasteiger partial charge in [-0.15, -0.1) is 0 Å². The second-order valence-corrected chi connectivity index (χ2v) is 6.01. The predicted molar refractivity (Wildman–Crippen MR) is 108 cm³/mol. The predicted octanol–water partition coefficient (Wildman–Crippen LogP) is 4.60. The molecule has 0 atom stereocenters. The molecule has 134 valence electrons. The second-order valence-electron chi connectivity index (χ2n) is 5.68. The number of nitrogens with zero attached hydrogens (tertiary/aromatic N) is 3. The number of benzene rings is 1. The van der Waals surface area contributed by atoms with Crippen LogP contribution < -0.4 is 10.6 Å². The number of hydrogen-bond acceptors (Lipinski definition) is 5. The number of halogens is 1. The molecule has 0 unspecified atom stereocenters. The van der Waals surface area contributed by atoms with Crippen LogP contribution in [0.3, 0.4) is 0 Å². The van der Waals surface area contributed by atoms with Gasteiger partial charge in [0.1, 0.15) is 5.82 Å². The van der Waals surface area contributed by atoms with E-state index in [2.05, 4.69) is 33.6 Å². The van der Waals surface area contributed by atoms with Crippen molar-refractivity contribution in [3.8, 4) is 6.07 Å². The summed E-state index contributed by atoms with van der Waals surface area (Å²) in [7, 11) is 0. The first-order chi connectivity index (χ1) is 12.6. The standard InChI is InChI=1S/C20H22ClN5/c1-3-15(2)13-16(14-22)7-6-10-23-11-12-24-19-17-8-4-5-9-18(17)25-20(21)26-19/h4-10,13,23H,3,11-12H2,1-2H3,(H,24,25,26)/b10-6+,15-13+,16-7+. The molecule has 0 saturated carbocycles. The summed E-state index contributed by atoms with van der Waals surface area (Å²) in [5.41, 5.74) is 2.63. The average Bonchev–Trinajstić information content (AvgIpc) is 2.65. The molecule has 1 aromatic heterocycles. The van der Waals surface area contributed by atoms with Crippen LogP contribution >= 0.6 is 11.6 Å². The number of fused-ring (bicyclic) bond motifs is 1. The molecule has 0 amide bonds. The maximum atomic E-state index is 9.10. The summed E-state index contributed by atoms with van der Waals surface area (Å²) in [6.45, 7) is 5.46.